The highest BCUT2D eigenvalue weighted by Gasteiger charge is 2.33. The van der Waals surface area contributed by atoms with E-state index in [0.717, 1.165) is 33.0 Å². The van der Waals surface area contributed by atoms with E-state index in [-0.39, 0.29) is 22.1 Å². The summed E-state index contributed by atoms with van der Waals surface area (Å²) in [5, 5.41) is 4.35. The zero-order chi connectivity index (χ0) is 23.6. The van der Waals surface area contributed by atoms with Crippen molar-refractivity contribution in [1.82, 2.24) is 19.4 Å². The summed E-state index contributed by atoms with van der Waals surface area (Å²) in [6.45, 7) is 5.34. The van der Waals surface area contributed by atoms with Gasteiger partial charge in [0, 0.05) is 42.8 Å². The lowest BCUT2D eigenvalue weighted by Gasteiger charge is -2.26. The molecule has 0 atom stereocenters. The molecular formula is C22H23FN4O4S2. The fourth-order valence-corrected chi connectivity index (χ4v) is 6.70. The van der Waals surface area contributed by atoms with Crippen molar-refractivity contribution in [3.63, 3.8) is 0 Å². The minimum atomic E-state index is -3.87. The van der Waals surface area contributed by atoms with E-state index < -0.39 is 16.0 Å². The third-order valence-electron chi connectivity index (χ3n) is 5.29. The molecule has 0 spiro atoms. The molecule has 0 amide bonds. The van der Waals surface area contributed by atoms with Crippen molar-refractivity contribution in [2.75, 3.05) is 20.2 Å². The molecule has 174 valence electrons. The van der Waals surface area contributed by atoms with Crippen molar-refractivity contribution < 1.29 is 22.3 Å². The standard InChI is InChI=1S/C22H23FN4O4S2/c1-3-9-25-33(29,30)22-20(21(28)31-2)18-8-10-26(14-19(18)32-22)12-15-11-24-27(13-15)17-6-4-16(23)5-7-17/h3-7,11,13,25H,1,8-10,12,14H2,2H3. The number of halogens is 1. The second-order valence-corrected chi connectivity index (χ2v) is 10.6. The Kier molecular flexibility index (Phi) is 6.75. The first-order chi connectivity index (χ1) is 15.8. The fourth-order valence-electron chi connectivity index (χ4n) is 3.73. The number of sulfonamides is 1. The number of hydrogen-bond acceptors (Lipinski definition) is 7. The second-order valence-electron chi connectivity index (χ2n) is 7.53. The van der Waals surface area contributed by atoms with Crippen LogP contribution >= 0.6 is 11.3 Å². The van der Waals surface area contributed by atoms with Crippen LogP contribution in [0.3, 0.4) is 0 Å². The van der Waals surface area contributed by atoms with Crippen LogP contribution in [0.25, 0.3) is 5.69 Å². The largest absolute Gasteiger partial charge is 0.465 e. The first-order valence-electron chi connectivity index (χ1n) is 10.2. The van der Waals surface area contributed by atoms with Crippen LogP contribution in [0.1, 0.15) is 26.4 Å². The molecule has 0 saturated heterocycles. The quantitative estimate of drug-likeness (QED) is 0.386. The number of esters is 1. The summed E-state index contributed by atoms with van der Waals surface area (Å²) in [4.78, 5) is 15.4. The Bertz CT molecular complexity index is 1280. The van der Waals surface area contributed by atoms with Crippen LogP contribution in [-0.4, -0.2) is 49.3 Å². The third kappa shape index (κ3) is 4.91. The molecule has 3 heterocycles. The molecule has 0 saturated carbocycles. The van der Waals surface area contributed by atoms with Crippen LogP contribution in [0.5, 0.6) is 0 Å². The SMILES string of the molecule is C=CCNS(=O)(=O)c1sc2c(c1C(=O)OC)CCN(Cc1cnn(-c3ccc(F)cc3)c1)C2. The van der Waals surface area contributed by atoms with E-state index in [1.54, 1.807) is 23.0 Å². The second kappa shape index (κ2) is 9.56. The molecule has 2 aromatic heterocycles. The van der Waals surface area contributed by atoms with E-state index >= 15 is 0 Å². The average molecular weight is 491 g/mol. The van der Waals surface area contributed by atoms with Crippen molar-refractivity contribution in [2.24, 2.45) is 0 Å². The summed E-state index contributed by atoms with van der Waals surface area (Å²) in [6, 6.07) is 6.07. The van der Waals surface area contributed by atoms with Crippen molar-refractivity contribution >= 4 is 27.3 Å². The molecule has 0 aliphatic carbocycles. The molecule has 0 unspecified atom stereocenters. The van der Waals surface area contributed by atoms with E-state index in [1.165, 1.54) is 25.3 Å². The van der Waals surface area contributed by atoms with Crippen LogP contribution in [-0.2, 0) is 34.3 Å². The summed E-state index contributed by atoms with van der Waals surface area (Å²) in [5.41, 5.74) is 2.57. The average Bonchev–Trinajstić information content (AvgIpc) is 3.42. The summed E-state index contributed by atoms with van der Waals surface area (Å²) >= 11 is 1.10. The van der Waals surface area contributed by atoms with E-state index in [9.17, 15) is 17.6 Å². The van der Waals surface area contributed by atoms with Gasteiger partial charge in [-0.05, 0) is 36.2 Å². The Labute approximate surface area is 195 Å². The van der Waals surface area contributed by atoms with Gasteiger partial charge in [-0.1, -0.05) is 6.08 Å². The van der Waals surface area contributed by atoms with E-state index in [0.29, 0.717) is 26.1 Å². The number of carbonyl (C=O) groups is 1. The minimum absolute atomic E-state index is 0.0211. The fraction of sp³-hybridized carbons (Fsp3) is 0.273. The maximum atomic E-state index is 13.2. The first kappa shape index (κ1) is 23.3. The molecule has 0 radical (unpaired) electrons. The lowest BCUT2D eigenvalue weighted by molar-refractivity contribution is 0.0595. The van der Waals surface area contributed by atoms with Gasteiger partial charge < -0.3 is 4.74 Å². The summed E-state index contributed by atoms with van der Waals surface area (Å²) in [5.74, 6) is -0.959. The Morgan fingerprint density at radius 2 is 2.12 bits per heavy atom. The summed E-state index contributed by atoms with van der Waals surface area (Å²) in [6.07, 6.45) is 5.60. The molecule has 1 aromatic carbocycles. The highest BCUT2D eigenvalue weighted by molar-refractivity contribution is 7.91. The number of ether oxygens (including phenoxy) is 1. The van der Waals surface area contributed by atoms with Crippen LogP contribution in [0.2, 0.25) is 0 Å². The number of fused-ring (bicyclic) bond motifs is 1. The molecular weight excluding hydrogens is 467 g/mol. The Balaban J connectivity index is 1.56. The van der Waals surface area contributed by atoms with Gasteiger partial charge in [0.1, 0.15) is 10.0 Å². The number of methoxy groups -OCH3 is 1. The number of rotatable bonds is 8. The topological polar surface area (TPSA) is 93.5 Å². The van der Waals surface area contributed by atoms with E-state index in [1.807, 2.05) is 6.20 Å². The third-order valence-corrected chi connectivity index (χ3v) is 8.45. The maximum Gasteiger partial charge on any atom is 0.340 e. The van der Waals surface area contributed by atoms with Crippen LogP contribution < -0.4 is 4.72 Å². The van der Waals surface area contributed by atoms with Crippen molar-refractivity contribution in [1.29, 1.82) is 0 Å². The van der Waals surface area contributed by atoms with Crippen molar-refractivity contribution in [2.45, 2.75) is 23.7 Å². The molecule has 1 aliphatic rings. The monoisotopic (exact) mass is 490 g/mol. The minimum Gasteiger partial charge on any atom is -0.465 e. The Morgan fingerprint density at radius 3 is 2.82 bits per heavy atom. The van der Waals surface area contributed by atoms with Crippen LogP contribution in [0, 0.1) is 5.82 Å². The van der Waals surface area contributed by atoms with Crippen LogP contribution in [0.4, 0.5) is 4.39 Å². The lowest BCUT2D eigenvalue weighted by atomic mass is 10.0. The Hall–Kier alpha value is -2.86. The van der Waals surface area contributed by atoms with Gasteiger partial charge in [-0.25, -0.2) is 27.0 Å². The number of nitrogens with zero attached hydrogens (tertiary/aromatic N) is 3. The molecule has 8 nitrogen and oxygen atoms in total. The van der Waals surface area contributed by atoms with Gasteiger partial charge >= 0.3 is 5.97 Å². The van der Waals surface area contributed by atoms with Gasteiger partial charge in [0.25, 0.3) is 10.0 Å². The number of nitrogens with one attached hydrogen (secondary N) is 1. The molecule has 11 heteroatoms. The normalized spacial score (nSPS) is 14.1. The van der Waals surface area contributed by atoms with Gasteiger partial charge in [-0.2, -0.15) is 5.10 Å². The highest BCUT2D eigenvalue weighted by atomic mass is 32.2. The molecule has 1 aliphatic heterocycles. The Morgan fingerprint density at radius 1 is 1.36 bits per heavy atom. The molecule has 33 heavy (non-hydrogen) atoms. The molecule has 0 fully saturated rings. The van der Waals surface area contributed by atoms with Gasteiger partial charge in [0.05, 0.1) is 24.6 Å². The zero-order valence-electron chi connectivity index (χ0n) is 18.0. The zero-order valence-corrected chi connectivity index (χ0v) is 19.6. The highest BCUT2D eigenvalue weighted by Crippen LogP contribution is 2.37. The number of thiophene rings is 1. The van der Waals surface area contributed by atoms with Gasteiger partial charge in [0.15, 0.2) is 0 Å². The molecule has 0 bridgehead atoms. The molecule has 1 N–H and O–H groups in total. The predicted molar refractivity (Wildman–Crippen MR) is 122 cm³/mol. The predicted octanol–water partition coefficient (Wildman–Crippen LogP) is 2.88. The number of aromatic nitrogens is 2. The van der Waals surface area contributed by atoms with E-state index in [2.05, 4.69) is 21.3 Å². The van der Waals surface area contributed by atoms with Gasteiger partial charge in [0.2, 0.25) is 0 Å². The molecule has 3 aromatic rings. The number of carbonyl (C=O) groups excluding carboxylic acids is 1. The van der Waals surface area contributed by atoms with Gasteiger partial charge in [-0.3, -0.25) is 4.90 Å². The first-order valence-corrected chi connectivity index (χ1v) is 12.5. The van der Waals surface area contributed by atoms with Crippen LogP contribution in [0.15, 0.2) is 53.5 Å². The lowest BCUT2D eigenvalue weighted by Crippen LogP contribution is -2.30. The smallest absolute Gasteiger partial charge is 0.340 e. The van der Waals surface area contributed by atoms with Gasteiger partial charge in [-0.15, -0.1) is 17.9 Å². The summed E-state index contributed by atoms with van der Waals surface area (Å²) in [7, 11) is -2.63. The maximum absolute atomic E-state index is 13.2. The summed E-state index contributed by atoms with van der Waals surface area (Å²) < 4.78 is 47.7. The number of benzene rings is 1. The number of hydrogen-bond donors (Lipinski definition) is 1. The van der Waals surface area contributed by atoms with E-state index in [4.69, 9.17) is 4.74 Å². The van der Waals surface area contributed by atoms with Crippen molar-refractivity contribution in [3.05, 3.63) is 76.7 Å². The molecule has 4 rings (SSSR count). The van der Waals surface area contributed by atoms with Crippen molar-refractivity contribution in [3.8, 4) is 5.69 Å².